The first-order chi connectivity index (χ1) is 13.7. The molecule has 1 rings (SSSR count). The predicted octanol–water partition coefficient (Wildman–Crippen LogP) is 7.52. The zero-order chi connectivity index (χ0) is 20.3. The second kappa shape index (κ2) is 17.3. The van der Waals surface area contributed by atoms with Crippen LogP contribution in [0.4, 0.5) is 5.82 Å². The molecule has 1 N–H and O–H groups in total. The highest BCUT2D eigenvalue weighted by Gasteiger charge is 2.04. The average molecular weight is 389 g/mol. The van der Waals surface area contributed by atoms with E-state index in [1.807, 2.05) is 0 Å². The van der Waals surface area contributed by atoms with Gasteiger partial charge in [0, 0.05) is 12.5 Å². The fraction of sp³-hybridized carbons (Fsp3) is 0.667. The van der Waals surface area contributed by atoms with Gasteiger partial charge in [-0.3, -0.25) is 4.79 Å². The van der Waals surface area contributed by atoms with Gasteiger partial charge in [-0.1, -0.05) is 81.3 Å². The maximum Gasteiger partial charge on any atom is 0.225 e. The Hall–Kier alpha value is -1.84. The van der Waals surface area contributed by atoms with Crippen molar-refractivity contribution >= 4 is 11.7 Å². The van der Waals surface area contributed by atoms with Crippen LogP contribution in [0.2, 0.25) is 0 Å². The number of carbonyl (C=O) groups is 1. The average Bonchev–Trinajstić information content (AvgIpc) is 3.08. The zero-order valence-electron chi connectivity index (χ0n) is 18.0. The van der Waals surface area contributed by atoms with E-state index in [0.29, 0.717) is 18.0 Å². The molecule has 1 amide bonds. The summed E-state index contributed by atoms with van der Waals surface area (Å²) in [5, 5.41) is 6.50. The first-order valence-corrected chi connectivity index (χ1v) is 11.3. The Kier molecular flexibility index (Phi) is 14.9. The summed E-state index contributed by atoms with van der Waals surface area (Å²) in [7, 11) is 0. The molecule has 0 saturated carbocycles. The number of carbonyl (C=O) groups excluding carboxylic acids is 1. The number of anilines is 1. The van der Waals surface area contributed by atoms with E-state index < -0.39 is 0 Å². The Morgan fingerprint density at radius 1 is 0.893 bits per heavy atom. The van der Waals surface area contributed by atoms with E-state index in [-0.39, 0.29) is 5.91 Å². The van der Waals surface area contributed by atoms with Crippen LogP contribution in [-0.2, 0) is 4.79 Å². The Balaban J connectivity index is 1.86. The Morgan fingerprint density at radius 2 is 1.46 bits per heavy atom. The van der Waals surface area contributed by atoms with Gasteiger partial charge < -0.3 is 9.84 Å². The molecule has 0 unspecified atom stereocenters. The molecule has 1 aromatic heterocycles. The summed E-state index contributed by atoms with van der Waals surface area (Å²) in [5.41, 5.74) is 0. The quantitative estimate of drug-likeness (QED) is 0.222. The third-order valence-corrected chi connectivity index (χ3v) is 4.73. The SMILES string of the molecule is CCCCCCCCCC/C=C\CC/C=C\CCCC(=O)Nc1cc(C)on1. The molecular formula is C24H40N2O2. The number of aryl methyl sites for hydroxylation is 1. The molecule has 1 heterocycles. The van der Waals surface area contributed by atoms with Crippen LogP contribution < -0.4 is 5.32 Å². The van der Waals surface area contributed by atoms with E-state index >= 15 is 0 Å². The smallest absolute Gasteiger partial charge is 0.225 e. The molecule has 4 heteroatoms. The van der Waals surface area contributed by atoms with Crippen molar-refractivity contribution < 1.29 is 9.32 Å². The number of allylic oxidation sites excluding steroid dienone is 4. The van der Waals surface area contributed by atoms with Crippen molar-refractivity contribution in [3.63, 3.8) is 0 Å². The summed E-state index contributed by atoms with van der Waals surface area (Å²) in [6, 6.07) is 1.72. The van der Waals surface area contributed by atoms with Crippen LogP contribution in [0.3, 0.4) is 0 Å². The molecule has 0 bridgehead atoms. The number of aromatic nitrogens is 1. The number of nitrogens with one attached hydrogen (secondary N) is 1. The van der Waals surface area contributed by atoms with Crippen molar-refractivity contribution in [2.24, 2.45) is 0 Å². The third kappa shape index (κ3) is 14.2. The van der Waals surface area contributed by atoms with Gasteiger partial charge in [0.25, 0.3) is 0 Å². The van der Waals surface area contributed by atoms with Crippen molar-refractivity contribution in [2.75, 3.05) is 5.32 Å². The van der Waals surface area contributed by atoms with Crippen molar-refractivity contribution in [3.05, 3.63) is 36.1 Å². The van der Waals surface area contributed by atoms with Crippen molar-refractivity contribution in [3.8, 4) is 0 Å². The summed E-state index contributed by atoms with van der Waals surface area (Å²) >= 11 is 0. The van der Waals surface area contributed by atoms with Crippen LogP contribution in [0.5, 0.6) is 0 Å². The molecule has 0 aromatic carbocycles. The molecule has 0 fully saturated rings. The second-order valence-corrected chi connectivity index (χ2v) is 7.55. The van der Waals surface area contributed by atoms with Crippen LogP contribution in [0.25, 0.3) is 0 Å². The van der Waals surface area contributed by atoms with Gasteiger partial charge in [-0.15, -0.1) is 0 Å². The number of hydrogen-bond donors (Lipinski definition) is 1. The number of rotatable bonds is 17. The largest absolute Gasteiger partial charge is 0.360 e. The molecule has 1 aromatic rings. The van der Waals surface area contributed by atoms with Crippen molar-refractivity contribution in [2.45, 2.75) is 104 Å². The Bertz CT molecular complexity index is 561. The molecule has 28 heavy (non-hydrogen) atoms. The third-order valence-electron chi connectivity index (χ3n) is 4.73. The first-order valence-electron chi connectivity index (χ1n) is 11.3. The van der Waals surface area contributed by atoms with Crippen LogP contribution in [0.1, 0.15) is 103 Å². The highest BCUT2D eigenvalue weighted by molar-refractivity contribution is 5.89. The van der Waals surface area contributed by atoms with Crippen molar-refractivity contribution in [1.82, 2.24) is 5.16 Å². The van der Waals surface area contributed by atoms with E-state index in [9.17, 15) is 4.79 Å². The molecule has 158 valence electrons. The van der Waals surface area contributed by atoms with Gasteiger partial charge in [0.2, 0.25) is 5.91 Å². The van der Waals surface area contributed by atoms with Crippen LogP contribution >= 0.6 is 0 Å². The van der Waals surface area contributed by atoms with E-state index in [1.165, 1.54) is 57.8 Å². The summed E-state index contributed by atoms with van der Waals surface area (Å²) in [4.78, 5) is 11.8. The van der Waals surface area contributed by atoms with Gasteiger partial charge >= 0.3 is 0 Å². The van der Waals surface area contributed by atoms with E-state index in [0.717, 1.165) is 25.7 Å². The molecule has 0 saturated heterocycles. The van der Waals surface area contributed by atoms with Gasteiger partial charge in [-0.05, 0) is 45.4 Å². The van der Waals surface area contributed by atoms with Crippen molar-refractivity contribution in [1.29, 1.82) is 0 Å². The summed E-state index contributed by atoms with van der Waals surface area (Å²) in [6.07, 6.45) is 25.8. The number of amides is 1. The second-order valence-electron chi connectivity index (χ2n) is 7.55. The van der Waals surface area contributed by atoms with Crippen LogP contribution in [0.15, 0.2) is 34.9 Å². The molecular weight excluding hydrogens is 348 g/mol. The summed E-state index contributed by atoms with van der Waals surface area (Å²) in [5.74, 6) is 1.19. The van der Waals surface area contributed by atoms with Gasteiger partial charge in [-0.2, -0.15) is 0 Å². The lowest BCUT2D eigenvalue weighted by atomic mass is 10.1. The molecule has 0 aliphatic rings. The number of hydrogen-bond acceptors (Lipinski definition) is 3. The highest BCUT2D eigenvalue weighted by atomic mass is 16.5. The molecule has 4 nitrogen and oxygen atoms in total. The fourth-order valence-corrected chi connectivity index (χ4v) is 3.07. The van der Waals surface area contributed by atoms with Gasteiger partial charge in [0.1, 0.15) is 5.76 Å². The molecule has 0 radical (unpaired) electrons. The molecule has 0 aliphatic carbocycles. The summed E-state index contributed by atoms with van der Waals surface area (Å²) in [6.45, 7) is 4.07. The van der Waals surface area contributed by atoms with Gasteiger partial charge in [-0.25, -0.2) is 0 Å². The summed E-state index contributed by atoms with van der Waals surface area (Å²) < 4.78 is 4.92. The Labute approximate surface area is 171 Å². The van der Waals surface area contributed by atoms with Crippen LogP contribution in [0, 0.1) is 6.92 Å². The lowest BCUT2D eigenvalue weighted by Gasteiger charge is -1.99. The topological polar surface area (TPSA) is 55.1 Å². The molecule has 0 spiro atoms. The molecule has 0 aliphatic heterocycles. The monoisotopic (exact) mass is 388 g/mol. The van der Waals surface area contributed by atoms with E-state index in [2.05, 4.69) is 41.7 Å². The van der Waals surface area contributed by atoms with E-state index in [1.54, 1.807) is 13.0 Å². The van der Waals surface area contributed by atoms with Gasteiger partial charge in [0.05, 0.1) is 0 Å². The predicted molar refractivity (Wildman–Crippen MR) is 118 cm³/mol. The minimum Gasteiger partial charge on any atom is -0.360 e. The highest BCUT2D eigenvalue weighted by Crippen LogP contribution is 2.10. The lowest BCUT2D eigenvalue weighted by Crippen LogP contribution is -2.10. The minimum absolute atomic E-state index is 0.00871. The number of unbranched alkanes of at least 4 members (excludes halogenated alkanes) is 10. The normalized spacial score (nSPS) is 11.6. The Morgan fingerprint density at radius 3 is 2.07 bits per heavy atom. The standard InChI is InChI=1S/C24H40N2O2/c1-3-4-5-6-7-8-9-10-11-12-13-14-15-16-17-18-19-20-24(27)25-23-21-22(2)28-26-23/h12-13,16-17,21H,3-11,14-15,18-20H2,1-2H3,(H,25,26,27)/b13-12-,17-16-. The lowest BCUT2D eigenvalue weighted by molar-refractivity contribution is -0.116. The maximum absolute atomic E-state index is 11.8. The fourth-order valence-electron chi connectivity index (χ4n) is 3.07. The first kappa shape index (κ1) is 24.2. The maximum atomic E-state index is 11.8. The van der Waals surface area contributed by atoms with Gasteiger partial charge in [0.15, 0.2) is 5.82 Å². The number of nitrogens with zero attached hydrogens (tertiary/aromatic N) is 1. The molecule has 0 atom stereocenters. The zero-order valence-corrected chi connectivity index (χ0v) is 18.0. The van der Waals surface area contributed by atoms with Crippen LogP contribution in [-0.4, -0.2) is 11.1 Å². The van der Waals surface area contributed by atoms with E-state index in [4.69, 9.17) is 4.52 Å². The minimum atomic E-state index is -0.00871.